The van der Waals surface area contributed by atoms with E-state index in [1.165, 1.54) is 0 Å². The third-order valence-electron chi connectivity index (χ3n) is 3.25. The number of amides is 1. The van der Waals surface area contributed by atoms with Gasteiger partial charge in [0.2, 0.25) is 0 Å². The largest absolute Gasteiger partial charge is 0.495 e. The second-order valence-corrected chi connectivity index (χ2v) is 6.22. The maximum Gasteiger partial charge on any atom is 0.410 e. The molecule has 0 aromatic heterocycles. The van der Waals surface area contributed by atoms with Gasteiger partial charge in [0.15, 0.2) is 0 Å². The number of benzene rings is 1. The van der Waals surface area contributed by atoms with Gasteiger partial charge in [0.05, 0.1) is 24.4 Å². The van der Waals surface area contributed by atoms with Gasteiger partial charge in [-0.3, -0.25) is 0 Å². The first kappa shape index (κ1) is 16.0. The highest BCUT2D eigenvalue weighted by molar-refractivity contribution is 5.71. The summed E-state index contributed by atoms with van der Waals surface area (Å²) in [6, 6.07) is 7.53. The first-order valence-electron chi connectivity index (χ1n) is 7.15. The minimum absolute atomic E-state index is 0.0796. The highest BCUT2D eigenvalue weighted by atomic mass is 16.6. The predicted octanol–water partition coefficient (Wildman–Crippen LogP) is 2.60. The van der Waals surface area contributed by atoms with Crippen LogP contribution in [0.25, 0.3) is 0 Å². The normalized spacial score (nSPS) is 14.8. The van der Waals surface area contributed by atoms with Crippen LogP contribution in [-0.4, -0.2) is 42.8 Å². The molecule has 0 bridgehead atoms. The van der Waals surface area contributed by atoms with Crippen molar-refractivity contribution < 1.29 is 14.3 Å². The summed E-state index contributed by atoms with van der Waals surface area (Å²) in [6.45, 7) is 6.60. The number of nitrogens with zero attached hydrogens (tertiary/aromatic N) is 2. The molecule has 1 amide bonds. The van der Waals surface area contributed by atoms with Crippen LogP contribution in [0.3, 0.4) is 0 Å². The molecule has 1 aliphatic heterocycles. The summed E-state index contributed by atoms with van der Waals surface area (Å²) in [5.74, 6) is 0.620. The topological polar surface area (TPSA) is 74.6 Å². The molecule has 6 heteroatoms. The van der Waals surface area contributed by atoms with Crippen molar-refractivity contribution in [2.75, 3.05) is 25.5 Å². The van der Waals surface area contributed by atoms with E-state index < -0.39 is 5.60 Å². The van der Waals surface area contributed by atoms with Crippen LogP contribution < -0.4 is 10.1 Å². The molecule has 0 unspecified atom stereocenters. The highest BCUT2D eigenvalue weighted by Gasteiger charge is 2.34. The van der Waals surface area contributed by atoms with Gasteiger partial charge in [-0.2, -0.15) is 5.26 Å². The lowest BCUT2D eigenvalue weighted by Gasteiger charge is -2.40. The maximum atomic E-state index is 11.9. The summed E-state index contributed by atoms with van der Waals surface area (Å²) in [5, 5.41) is 12.4. The molecule has 0 atom stereocenters. The van der Waals surface area contributed by atoms with Crippen molar-refractivity contribution in [1.29, 1.82) is 5.26 Å². The van der Waals surface area contributed by atoms with Crippen LogP contribution in [0, 0.1) is 11.3 Å². The zero-order valence-corrected chi connectivity index (χ0v) is 13.3. The Kier molecular flexibility index (Phi) is 4.45. The average Bonchev–Trinajstić information content (AvgIpc) is 2.39. The minimum atomic E-state index is -0.494. The van der Waals surface area contributed by atoms with Gasteiger partial charge in [-0.15, -0.1) is 0 Å². The van der Waals surface area contributed by atoms with Gasteiger partial charge in [0.1, 0.15) is 17.4 Å². The lowest BCUT2D eigenvalue weighted by molar-refractivity contribution is 0.0105. The van der Waals surface area contributed by atoms with Gasteiger partial charge < -0.3 is 19.7 Å². The molecule has 1 N–H and O–H groups in total. The molecule has 1 saturated heterocycles. The number of carbonyl (C=O) groups is 1. The summed E-state index contributed by atoms with van der Waals surface area (Å²) < 4.78 is 10.6. The second kappa shape index (κ2) is 6.14. The number of para-hydroxylation sites is 1. The lowest BCUT2D eigenvalue weighted by atomic mass is 10.1. The van der Waals surface area contributed by atoms with Gasteiger partial charge in [0.25, 0.3) is 0 Å². The third-order valence-corrected chi connectivity index (χ3v) is 3.25. The Hall–Kier alpha value is -2.42. The van der Waals surface area contributed by atoms with Crippen molar-refractivity contribution in [3.8, 4) is 11.8 Å². The van der Waals surface area contributed by atoms with Crippen molar-refractivity contribution >= 4 is 11.8 Å². The summed E-state index contributed by atoms with van der Waals surface area (Å²) in [7, 11) is 1.56. The molecule has 1 aromatic carbocycles. The predicted molar refractivity (Wildman–Crippen MR) is 82.9 cm³/mol. The molecule has 0 aliphatic carbocycles. The molecule has 1 aromatic rings. The van der Waals surface area contributed by atoms with E-state index in [-0.39, 0.29) is 12.1 Å². The van der Waals surface area contributed by atoms with E-state index in [1.807, 2.05) is 20.8 Å². The Bertz CT molecular complexity index is 596. The highest BCUT2D eigenvalue weighted by Crippen LogP contribution is 2.30. The third kappa shape index (κ3) is 3.61. The second-order valence-electron chi connectivity index (χ2n) is 6.22. The summed E-state index contributed by atoms with van der Waals surface area (Å²) in [5.41, 5.74) is 0.697. The number of hydrogen-bond donors (Lipinski definition) is 1. The molecule has 2 rings (SSSR count). The number of nitrogens with one attached hydrogen (secondary N) is 1. The van der Waals surface area contributed by atoms with Crippen molar-refractivity contribution in [2.45, 2.75) is 32.4 Å². The summed E-state index contributed by atoms with van der Waals surface area (Å²) in [6.07, 6.45) is -0.314. The van der Waals surface area contributed by atoms with Crippen molar-refractivity contribution in [2.24, 2.45) is 0 Å². The Morgan fingerprint density at radius 2 is 2.09 bits per heavy atom. The number of carbonyl (C=O) groups excluding carboxylic acids is 1. The van der Waals surface area contributed by atoms with E-state index >= 15 is 0 Å². The molecule has 0 saturated carbocycles. The molecule has 6 nitrogen and oxygen atoms in total. The monoisotopic (exact) mass is 303 g/mol. The van der Waals surface area contributed by atoms with Crippen LogP contribution in [0.15, 0.2) is 18.2 Å². The minimum Gasteiger partial charge on any atom is -0.495 e. The van der Waals surface area contributed by atoms with Crippen LogP contribution in [0.5, 0.6) is 5.75 Å². The van der Waals surface area contributed by atoms with E-state index in [1.54, 1.807) is 30.2 Å². The molecule has 1 aliphatic rings. The fraction of sp³-hybridized carbons (Fsp3) is 0.500. The van der Waals surface area contributed by atoms with Gasteiger partial charge in [-0.25, -0.2) is 4.79 Å². The Morgan fingerprint density at radius 3 is 2.64 bits per heavy atom. The van der Waals surface area contributed by atoms with Gasteiger partial charge in [-0.1, -0.05) is 6.07 Å². The quantitative estimate of drug-likeness (QED) is 0.929. The SMILES string of the molecule is COc1cccc(C#N)c1NC1CN(C(=O)OC(C)(C)C)C1. The standard InChI is InChI=1S/C16H21N3O3/c1-16(2,3)22-15(20)19-9-12(10-19)18-14-11(8-17)6-5-7-13(14)21-4/h5-7,12,18H,9-10H2,1-4H3. The molecule has 22 heavy (non-hydrogen) atoms. The first-order valence-corrected chi connectivity index (χ1v) is 7.15. The van der Waals surface area contributed by atoms with Crippen LogP contribution in [-0.2, 0) is 4.74 Å². The fourth-order valence-electron chi connectivity index (χ4n) is 2.19. The van der Waals surface area contributed by atoms with E-state index in [2.05, 4.69) is 11.4 Å². The number of nitriles is 1. The van der Waals surface area contributed by atoms with E-state index in [4.69, 9.17) is 9.47 Å². The number of rotatable bonds is 3. The summed E-state index contributed by atoms with van der Waals surface area (Å²) >= 11 is 0. The molecule has 1 fully saturated rings. The molecule has 0 spiro atoms. The number of ether oxygens (including phenoxy) is 2. The molecular formula is C16H21N3O3. The molecular weight excluding hydrogens is 282 g/mol. The first-order chi connectivity index (χ1) is 10.3. The van der Waals surface area contributed by atoms with Gasteiger partial charge >= 0.3 is 6.09 Å². The fourth-order valence-corrected chi connectivity index (χ4v) is 2.19. The smallest absolute Gasteiger partial charge is 0.410 e. The van der Waals surface area contributed by atoms with Crippen LogP contribution in [0.1, 0.15) is 26.3 Å². The Morgan fingerprint density at radius 1 is 1.41 bits per heavy atom. The maximum absolute atomic E-state index is 11.9. The van der Waals surface area contributed by atoms with E-state index in [0.29, 0.717) is 30.1 Å². The van der Waals surface area contributed by atoms with Crippen molar-refractivity contribution in [3.05, 3.63) is 23.8 Å². The summed E-state index contributed by atoms with van der Waals surface area (Å²) in [4.78, 5) is 13.5. The number of anilines is 1. The van der Waals surface area contributed by atoms with Crippen LogP contribution in [0.2, 0.25) is 0 Å². The van der Waals surface area contributed by atoms with Crippen LogP contribution in [0.4, 0.5) is 10.5 Å². The Labute approximate surface area is 130 Å². The molecule has 0 radical (unpaired) electrons. The number of likely N-dealkylation sites (tertiary alicyclic amines) is 1. The number of hydrogen-bond acceptors (Lipinski definition) is 5. The van der Waals surface area contributed by atoms with Crippen molar-refractivity contribution in [3.63, 3.8) is 0 Å². The van der Waals surface area contributed by atoms with Crippen molar-refractivity contribution in [1.82, 2.24) is 4.90 Å². The van der Waals surface area contributed by atoms with Gasteiger partial charge in [0, 0.05) is 13.1 Å². The van der Waals surface area contributed by atoms with E-state index in [0.717, 1.165) is 0 Å². The Balaban J connectivity index is 1.96. The molecule has 118 valence electrons. The average molecular weight is 303 g/mol. The lowest BCUT2D eigenvalue weighted by Crippen LogP contribution is -2.58. The van der Waals surface area contributed by atoms with E-state index in [9.17, 15) is 10.1 Å². The number of methoxy groups -OCH3 is 1. The van der Waals surface area contributed by atoms with Gasteiger partial charge in [-0.05, 0) is 32.9 Å². The zero-order chi connectivity index (χ0) is 16.3. The molecule has 1 heterocycles. The van der Waals surface area contributed by atoms with Crippen LogP contribution >= 0.6 is 0 Å². The zero-order valence-electron chi connectivity index (χ0n) is 13.3.